The third-order valence-corrected chi connectivity index (χ3v) is 3.87. The molecule has 0 bridgehead atoms. The summed E-state index contributed by atoms with van der Waals surface area (Å²) in [5, 5.41) is 0. The molecule has 0 radical (unpaired) electrons. The monoisotopic (exact) mass is 306 g/mol. The summed E-state index contributed by atoms with van der Waals surface area (Å²) in [6, 6.07) is 10.6. The SMILES string of the molecule is C=[C-]C(C1=CC=CC1)[C-](C1=CC=CC1)c1ccccc1.[Ti+2]. The molecule has 0 heterocycles. The molecule has 1 aromatic carbocycles. The van der Waals surface area contributed by atoms with Crippen molar-refractivity contribution in [2.75, 3.05) is 0 Å². The Morgan fingerprint density at radius 2 is 1.71 bits per heavy atom. The topological polar surface area (TPSA) is 0 Å². The normalized spacial score (nSPS) is 17.0. The molecule has 1 aromatic rings. The molecule has 0 saturated carbocycles. The quantitative estimate of drug-likeness (QED) is 0.531. The van der Waals surface area contributed by atoms with E-state index in [0.29, 0.717) is 0 Å². The van der Waals surface area contributed by atoms with Gasteiger partial charge in [-0.3, -0.25) is 6.58 Å². The van der Waals surface area contributed by atoms with E-state index >= 15 is 0 Å². The Labute approximate surface area is 142 Å². The van der Waals surface area contributed by atoms with E-state index in [1.54, 1.807) is 0 Å². The van der Waals surface area contributed by atoms with Crippen LogP contribution in [0.3, 0.4) is 0 Å². The Hall–Kier alpha value is -1.50. The second kappa shape index (κ2) is 7.49. The van der Waals surface area contributed by atoms with Crippen LogP contribution in [0.2, 0.25) is 0 Å². The molecule has 1 atom stereocenters. The van der Waals surface area contributed by atoms with E-state index in [2.05, 4.69) is 79.4 Å². The fraction of sp³-hybridized carbons (Fsp3) is 0.150. The molecule has 0 spiro atoms. The van der Waals surface area contributed by atoms with E-state index in [-0.39, 0.29) is 27.6 Å². The first-order chi connectivity index (χ1) is 9.90. The van der Waals surface area contributed by atoms with Crippen molar-refractivity contribution in [3.05, 3.63) is 102 Å². The van der Waals surface area contributed by atoms with Crippen LogP contribution in [-0.2, 0) is 21.7 Å². The van der Waals surface area contributed by atoms with Crippen LogP contribution in [0.15, 0.2) is 84.5 Å². The van der Waals surface area contributed by atoms with Gasteiger partial charge < -0.3 is 6.08 Å². The van der Waals surface area contributed by atoms with Gasteiger partial charge in [-0.05, 0) is 12.8 Å². The number of rotatable bonds is 5. The van der Waals surface area contributed by atoms with Crippen molar-refractivity contribution in [3.63, 3.8) is 0 Å². The third-order valence-electron chi connectivity index (χ3n) is 3.87. The summed E-state index contributed by atoms with van der Waals surface area (Å²) in [4.78, 5) is 0. The molecule has 0 fully saturated rings. The van der Waals surface area contributed by atoms with Gasteiger partial charge in [0.1, 0.15) is 0 Å². The minimum Gasteiger partial charge on any atom is -0.501 e. The smallest absolute Gasteiger partial charge is 0.501 e. The minimum absolute atomic E-state index is 0. The molecule has 0 aliphatic heterocycles. The second-order valence-corrected chi connectivity index (χ2v) is 5.11. The molecule has 3 rings (SSSR count). The molecule has 0 nitrogen and oxygen atoms in total. The van der Waals surface area contributed by atoms with E-state index in [1.807, 2.05) is 0 Å². The van der Waals surface area contributed by atoms with Gasteiger partial charge in [0.25, 0.3) is 0 Å². The predicted molar refractivity (Wildman–Crippen MR) is 84.8 cm³/mol. The zero-order chi connectivity index (χ0) is 13.8. The summed E-state index contributed by atoms with van der Waals surface area (Å²) in [6.45, 7) is 3.96. The van der Waals surface area contributed by atoms with Crippen LogP contribution in [0.5, 0.6) is 0 Å². The molecule has 0 N–H and O–H groups in total. The Kier molecular flexibility index (Phi) is 5.67. The maximum Gasteiger partial charge on any atom is 2.00 e. The zero-order valence-corrected chi connectivity index (χ0v) is 13.6. The Balaban J connectivity index is 0.00000161. The summed E-state index contributed by atoms with van der Waals surface area (Å²) in [7, 11) is 0. The van der Waals surface area contributed by atoms with Crippen molar-refractivity contribution in [2.45, 2.75) is 12.8 Å². The Morgan fingerprint density at radius 1 is 1.00 bits per heavy atom. The van der Waals surface area contributed by atoms with Crippen LogP contribution in [0, 0.1) is 17.9 Å². The molecular weight excluding hydrogens is 288 g/mol. The van der Waals surface area contributed by atoms with Crippen LogP contribution >= 0.6 is 0 Å². The van der Waals surface area contributed by atoms with Gasteiger partial charge >= 0.3 is 21.7 Å². The van der Waals surface area contributed by atoms with E-state index in [4.69, 9.17) is 0 Å². The molecule has 2 aliphatic rings. The molecule has 0 amide bonds. The predicted octanol–water partition coefficient (Wildman–Crippen LogP) is 4.98. The van der Waals surface area contributed by atoms with Gasteiger partial charge in [-0.2, -0.15) is 5.92 Å². The number of benzene rings is 1. The Bertz CT molecular complexity index is 602. The van der Waals surface area contributed by atoms with Crippen molar-refractivity contribution in [3.8, 4) is 0 Å². The van der Waals surface area contributed by atoms with Crippen molar-refractivity contribution >= 4 is 0 Å². The minimum atomic E-state index is 0. The van der Waals surface area contributed by atoms with Crippen molar-refractivity contribution < 1.29 is 21.7 Å². The standard InChI is InChI=1S/C20H18.Ti/c1-2-19(16-10-6-7-11-16)20(18-14-8-9-15-18)17-12-4-3-5-13-17;/h3-10,12-14,19H,1,11,15H2;/q-2;+2. The van der Waals surface area contributed by atoms with Crippen molar-refractivity contribution in [1.29, 1.82) is 0 Å². The summed E-state index contributed by atoms with van der Waals surface area (Å²) in [5.41, 5.74) is 4.04. The summed E-state index contributed by atoms with van der Waals surface area (Å²) in [5.74, 6) is 1.53. The maximum atomic E-state index is 3.96. The van der Waals surface area contributed by atoms with E-state index in [9.17, 15) is 0 Å². The van der Waals surface area contributed by atoms with Crippen molar-refractivity contribution in [2.24, 2.45) is 5.92 Å². The zero-order valence-electron chi connectivity index (χ0n) is 12.0. The van der Waals surface area contributed by atoms with Crippen LogP contribution in [0.1, 0.15) is 18.4 Å². The van der Waals surface area contributed by atoms with Crippen molar-refractivity contribution in [1.82, 2.24) is 0 Å². The first-order valence-corrected chi connectivity index (χ1v) is 7.06. The number of allylic oxidation sites excluding steroid dienone is 9. The van der Waals surface area contributed by atoms with Gasteiger partial charge in [-0.15, -0.1) is 53.5 Å². The average Bonchev–Trinajstić information content (AvgIpc) is 3.18. The summed E-state index contributed by atoms with van der Waals surface area (Å²) >= 11 is 0. The number of hydrogen-bond donors (Lipinski definition) is 0. The Morgan fingerprint density at radius 3 is 2.29 bits per heavy atom. The van der Waals surface area contributed by atoms with Crippen LogP contribution in [0.25, 0.3) is 0 Å². The number of hydrogen-bond acceptors (Lipinski definition) is 0. The van der Waals surface area contributed by atoms with Gasteiger partial charge in [0.15, 0.2) is 0 Å². The van der Waals surface area contributed by atoms with Gasteiger partial charge in [0, 0.05) is 0 Å². The van der Waals surface area contributed by atoms with Gasteiger partial charge in [0.2, 0.25) is 0 Å². The molecule has 0 aromatic heterocycles. The first kappa shape index (κ1) is 15.9. The largest absolute Gasteiger partial charge is 2.00 e. The third kappa shape index (κ3) is 3.40. The maximum absolute atomic E-state index is 3.96. The van der Waals surface area contributed by atoms with E-state index < -0.39 is 0 Å². The molecule has 102 valence electrons. The molecule has 0 saturated heterocycles. The fourth-order valence-electron chi connectivity index (χ4n) is 2.90. The molecular formula is C20H18Ti. The van der Waals surface area contributed by atoms with Crippen LogP contribution < -0.4 is 0 Å². The second-order valence-electron chi connectivity index (χ2n) is 5.11. The molecule has 21 heavy (non-hydrogen) atoms. The average molecular weight is 306 g/mol. The van der Waals surface area contributed by atoms with Crippen LogP contribution in [-0.4, -0.2) is 0 Å². The molecule has 1 heteroatoms. The summed E-state index contributed by atoms with van der Waals surface area (Å²) < 4.78 is 0. The first-order valence-electron chi connectivity index (χ1n) is 7.06. The van der Waals surface area contributed by atoms with Gasteiger partial charge in [-0.25, -0.2) is 0 Å². The van der Waals surface area contributed by atoms with Gasteiger partial charge in [0.05, 0.1) is 0 Å². The summed E-state index contributed by atoms with van der Waals surface area (Å²) in [6.07, 6.45) is 18.4. The van der Waals surface area contributed by atoms with E-state index in [1.165, 1.54) is 22.6 Å². The van der Waals surface area contributed by atoms with Gasteiger partial charge in [-0.1, -0.05) is 35.9 Å². The van der Waals surface area contributed by atoms with Crippen LogP contribution in [0.4, 0.5) is 0 Å². The van der Waals surface area contributed by atoms with E-state index in [0.717, 1.165) is 12.8 Å². The fourth-order valence-corrected chi connectivity index (χ4v) is 2.90. The molecule has 2 aliphatic carbocycles. The molecule has 1 unspecified atom stereocenters.